The van der Waals surface area contributed by atoms with Gasteiger partial charge >= 0.3 is 0 Å². The number of pyridine rings is 1. The van der Waals surface area contributed by atoms with Gasteiger partial charge in [-0.15, -0.1) is 0 Å². The van der Waals surface area contributed by atoms with E-state index in [0.717, 1.165) is 45.4 Å². The molecule has 1 amide bonds. The fraction of sp³-hybridized carbons (Fsp3) is 0.647. The zero-order chi connectivity index (χ0) is 15.5. The second kappa shape index (κ2) is 6.75. The van der Waals surface area contributed by atoms with Gasteiger partial charge in [0.05, 0.1) is 0 Å². The minimum atomic E-state index is 0.164. The Morgan fingerprint density at radius 1 is 1.32 bits per heavy atom. The van der Waals surface area contributed by atoms with Crippen LogP contribution in [0, 0.1) is 5.92 Å². The summed E-state index contributed by atoms with van der Waals surface area (Å²) in [4.78, 5) is 21.2. The van der Waals surface area contributed by atoms with Gasteiger partial charge in [0.25, 0.3) is 0 Å². The Kier molecular flexibility index (Phi) is 4.74. The van der Waals surface area contributed by atoms with Gasteiger partial charge in [-0.2, -0.15) is 0 Å². The highest BCUT2D eigenvalue weighted by Crippen LogP contribution is 2.27. The number of amides is 1. The number of carbonyl (C=O) groups is 1. The van der Waals surface area contributed by atoms with Crippen LogP contribution < -0.4 is 5.73 Å². The Labute approximate surface area is 132 Å². The van der Waals surface area contributed by atoms with E-state index >= 15 is 0 Å². The molecule has 0 spiro atoms. The summed E-state index contributed by atoms with van der Waals surface area (Å²) in [6, 6.07) is 4.68. The molecule has 1 aliphatic carbocycles. The predicted molar refractivity (Wildman–Crippen MR) is 86.1 cm³/mol. The number of nitrogens with zero attached hydrogens (tertiary/aromatic N) is 3. The topological polar surface area (TPSA) is 62.5 Å². The Balaban J connectivity index is 1.53. The van der Waals surface area contributed by atoms with Crippen molar-refractivity contribution in [1.29, 1.82) is 0 Å². The second-order valence-corrected chi connectivity index (χ2v) is 6.59. The summed E-state index contributed by atoms with van der Waals surface area (Å²) in [6.45, 7) is 5.73. The van der Waals surface area contributed by atoms with Crippen molar-refractivity contribution in [2.75, 3.05) is 26.2 Å². The molecule has 2 fully saturated rings. The molecule has 1 aromatic heterocycles. The zero-order valence-corrected chi connectivity index (χ0v) is 13.3. The Morgan fingerprint density at radius 3 is 2.68 bits per heavy atom. The Hall–Kier alpha value is -1.46. The number of hydrogen-bond acceptors (Lipinski definition) is 4. The van der Waals surface area contributed by atoms with E-state index in [9.17, 15) is 4.79 Å². The van der Waals surface area contributed by atoms with Crippen molar-refractivity contribution in [2.24, 2.45) is 11.7 Å². The molecule has 5 heteroatoms. The SMILES string of the molecule is CC(c1cccnc1)N1CCN(C(=O)C2CCC(N)C2)CC1. The summed E-state index contributed by atoms with van der Waals surface area (Å²) >= 11 is 0. The minimum Gasteiger partial charge on any atom is -0.340 e. The van der Waals surface area contributed by atoms with E-state index in [1.54, 1.807) is 6.20 Å². The molecule has 3 atom stereocenters. The Morgan fingerprint density at radius 2 is 2.09 bits per heavy atom. The van der Waals surface area contributed by atoms with Gasteiger partial charge < -0.3 is 10.6 Å². The molecule has 3 rings (SSSR count). The molecule has 5 nitrogen and oxygen atoms in total. The van der Waals surface area contributed by atoms with Crippen molar-refractivity contribution in [3.63, 3.8) is 0 Å². The minimum absolute atomic E-state index is 0.164. The van der Waals surface area contributed by atoms with Crippen molar-refractivity contribution in [3.05, 3.63) is 30.1 Å². The molecule has 1 saturated carbocycles. The van der Waals surface area contributed by atoms with Gasteiger partial charge in [0.15, 0.2) is 0 Å². The first-order valence-corrected chi connectivity index (χ1v) is 8.33. The van der Waals surface area contributed by atoms with E-state index in [2.05, 4.69) is 22.9 Å². The van der Waals surface area contributed by atoms with E-state index in [1.807, 2.05) is 17.2 Å². The lowest BCUT2D eigenvalue weighted by atomic mass is 10.0. The molecule has 0 bridgehead atoms. The van der Waals surface area contributed by atoms with Crippen LogP contribution in [0.25, 0.3) is 0 Å². The molecule has 3 unspecified atom stereocenters. The average molecular weight is 302 g/mol. The molecule has 0 radical (unpaired) electrons. The first-order chi connectivity index (χ1) is 10.6. The van der Waals surface area contributed by atoms with Crippen LogP contribution in [0.2, 0.25) is 0 Å². The van der Waals surface area contributed by atoms with E-state index < -0.39 is 0 Å². The Bertz CT molecular complexity index is 499. The van der Waals surface area contributed by atoms with Crippen molar-refractivity contribution in [3.8, 4) is 0 Å². The van der Waals surface area contributed by atoms with Gasteiger partial charge in [-0.3, -0.25) is 14.7 Å². The van der Waals surface area contributed by atoms with E-state index in [-0.39, 0.29) is 12.0 Å². The van der Waals surface area contributed by atoms with Crippen LogP contribution in [-0.4, -0.2) is 52.9 Å². The number of nitrogens with two attached hydrogens (primary N) is 1. The third-order valence-corrected chi connectivity index (χ3v) is 5.16. The smallest absolute Gasteiger partial charge is 0.225 e. The van der Waals surface area contributed by atoms with Crippen LogP contribution >= 0.6 is 0 Å². The van der Waals surface area contributed by atoms with Crippen LogP contribution in [0.15, 0.2) is 24.5 Å². The monoisotopic (exact) mass is 302 g/mol. The first kappa shape index (κ1) is 15.4. The fourth-order valence-corrected chi connectivity index (χ4v) is 3.66. The summed E-state index contributed by atoms with van der Waals surface area (Å²) in [7, 11) is 0. The third kappa shape index (κ3) is 3.31. The van der Waals surface area contributed by atoms with Crippen LogP contribution in [0.5, 0.6) is 0 Å². The molecule has 1 aromatic rings. The van der Waals surface area contributed by atoms with Crippen molar-refractivity contribution in [2.45, 2.75) is 38.3 Å². The summed E-state index contributed by atoms with van der Waals surface area (Å²) in [5.41, 5.74) is 7.17. The summed E-state index contributed by atoms with van der Waals surface area (Å²) < 4.78 is 0. The van der Waals surface area contributed by atoms with Gasteiger partial charge in [-0.05, 0) is 37.8 Å². The quantitative estimate of drug-likeness (QED) is 0.917. The van der Waals surface area contributed by atoms with Gasteiger partial charge in [0.1, 0.15) is 0 Å². The molecule has 2 heterocycles. The molecule has 1 aliphatic heterocycles. The summed E-state index contributed by atoms with van der Waals surface area (Å²) in [5.74, 6) is 0.485. The fourth-order valence-electron chi connectivity index (χ4n) is 3.66. The number of piperazine rings is 1. The number of aromatic nitrogens is 1. The molecular weight excluding hydrogens is 276 g/mol. The third-order valence-electron chi connectivity index (χ3n) is 5.16. The maximum atomic E-state index is 12.5. The average Bonchev–Trinajstić information content (AvgIpc) is 3.01. The van der Waals surface area contributed by atoms with Crippen LogP contribution in [0.4, 0.5) is 0 Å². The van der Waals surface area contributed by atoms with E-state index in [4.69, 9.17) is 5.73 Å². The highest BCUT2D eigenvalue weighted by atomic mass is 16.2. The summed E-state index contributed by atoms with van der Waals surface area (Å²) in [6.07, 6.45) is 6.56. The van der Waals surface area contributed by atoms with Gasteiger partial charge in [-0.1, -0.05) is 6.07 Å². The van der Waals surface area contributed by atoms with Crippen molar-refractivity contribution >= 4 is 5.91 Å². The maximum absolute atomic E-state index is 12.5. The van der Waals surface area contributed by atoms with Crippen molar-refractivity contribution < 1.29 is 4.79 Å². The highest BCUT2D eigenvalue weighted by molar-refractivity contribution is 5.79. The number of hydrogen-bond donors (Lipinski definition) is 1. The lowest BCUT2D eigenvalue weighted by Crippen LogP contribution is -2.50. The number of rotatable bonds is 3. The van der Waals surface area contributed by atoms with E-state index in [1.165, 1.54) is 5.56 Å². The van der Waals surface area contributed by atoms with Gasteiger partial charge in [0.2, 0.25) is 5.91 Å². The molecule has 2 N–H and O–H groups in total. The standard InChI is InChI=1S/C17H26N4O/c1-13(15-3-2-6-19-12-15)20-7-9-21(10-8-20)17(22)14-4-5-16(18)11-14/h2-3,6,12-14,16H,4-5,7-11,18H2,1H3. The van der Waals surface area contributed by atoms with Crippen LogP contribution in [0.1, 0.15) is 37.8 Å². The van der Waals surface area contributed by atoms with Crippen LogP contribution in [-0.2, 0) is 4.79 Å². The second-order valence-electron chi connectivity index (χ2n) is 6.59. The maximum Gasteiger partial charge on any atom is 0.225 e. The lowest BCUT2D eigenvalue weighted by Gasteiger charge is -2.39. The predicted octanol–water partition coefficient (Wildman–Crippen LogP) is 1.41. The summed E-state index contributed by atoms with van der Waals surface area (Å²) in [5, 5.41) is 0. The number of carbonyl (C=O) groups excluding carboxylic acids is 1. The normalized spacial score (nSPS) is 27.8. The van der Waals surface area contributed by atoms with Gasteiger partial charge in [-0.25, -0.2) is 0 Å². The highest BCUT2D eigenvalue weighted by Gasteiger charge is 2.33. The van der Waals surface area contributed by atoms with Crippen molar-refractivity contribution in [1.82, 2.24) is 14.8 Å². The molecule has 2 aliphatic rings. The molecule has 0 aromatic carbocycles. The first-order valence-electron chi connectivity index (χ1n) is 8.33. The van der Waals surface area contributed by atoms with E-state index in [0.29, 0.717) is 11.9 Å². The molecular formula is C17H26N4O. The largest absolute Gasteiger partial charge is 0.340 e. The molecule has 1 saturated heterocycles. The molecule has 120 valence electrons. The van der Waals surface area contributed by atoms with Gasteiger partial charge in [0, 0.05) is 56.6 Å². The lowest BCUT2D eigenvalue weighted by molar-refractivity contribution is -0.137. The van der Waals surface area contributed by atoms with Crippen LogP contribution in [0.3, 0.4) is 0 Å². The molecule has 22 heavy (non-hydrogen) atoms. The zero-order valence-electron chi connectivity index (χ0n) is 13.3.